The largest absolute Gasteiger partial charge is 0.476 e. The van der Waals surface area contributed by atoms with E-state index < -0.39 is 0 Å². The van der Waals surface area contributed by atoms with E-state index in [9.17, 15) is 4.79 Å². The van der Waals surface area contributed by atoms with Gasteiger partial charge in [-0.3, -0.25) is 9.20 Å². The second-order valence-electron chi connectivity index (χ2n) is 4.01. The molecule has 0 aromatic carbocycles. The van der Waals surface area contributed by atoms with Gasteiger partial charge >= 0.3 is 0 Å². The number of nitrogens with zero attached hydrogens (tertiary/aromatic N) is 3. The van der Waals surface area contributed by atoms with Crippen molar-refractivity contribution in [3.05, 3.63) is 40.8 Å². The molecule has 0 amide bonds. The quantitative estimate of drug-likeness (QED) is 0.777. The molecule has 0 bridgehead atoms. The van der Waals surface area contributed by atoms with E-state index in [1.807, 2.05) is 25.1 Å². The highest BCUT2D eigenvalue weighted by atomic mass is 16.5. The van der Waals surface area contributed by atoms with E-state index in [0.717, 1.165) is 6.54 Å². The summed E-state index contributed by atoms with van der Waals surface area (Å²) < 4.78 is 6.92. The first-order valence-electron chi connectivity index (χ1n) is 5.43. The van der Waals surface area contributed by atoms with E-state index in [4.69, 9.17) is 4.74 Å². The van der Waals surface area contributed by atoms with E-state index in [0.29, 0.717) is 18.1 Å². The van der Waals surface area contributed by atoms with Gasteiger partial charge in [0.1, 0.15) is 12.3 Å². The van der Waals surface area contributed by atoms with Crippen LogP contribution in [0.5, 0.6) is 5.88 Å². The van der Waals surface area contributed by atoms with E-state index >= 15 is 0 Å². The first-order chi connectivity index (χ1) is 8.16. The molecule has 0 saturated heterocycles. The lowest BCUT2D eigenvalue weighted by molar-refractivity contribution is 0.254. The smallest absolute Gasteiger partial charge is 0.261 e. The molecule has 0 spiro atoms. The van der Waals surface area contributed by atoms with Crippen LogP contribution in [0, 0.1) is 0 Å². The van der Waals surface area contributed by atoms with E-state index in [1.54, 1.807) is 18.3 Å². The van der Waals surface area contributed by atoms with Gasteiger partial charge in [0, 0.05) is 12.7 Å². The van der Waals surface area contributed by atoms with Gasteiger partial charge in [-0.05, 0) is 26.2 Å². The molecular weight excluding hydrogens is 218 g/mol. The van der Waals surface area contributed by atoms with Crippen LogP contribution in [0.15, 0.2) is 35.3 Å². The van der Waals surface area contributed by atoms with E-state index in [1.165, 1.54) is 10.5 Å². The highest BCUT2D eigenvalue weighted by molar-refractivity contribution is 5.39. The van der Waals surface area contributed by atoms with Crippen LogP contribution >= 0.6 is 0 Å². The number of aromatic nitrogens is 2. The first kappa shape index (κ1) is 11.6. The summed E-state index contributed by atoms with van der Waals surface area (Å²) in [5, 5.41) is 0. The Labute approximate surface area is 99.3 Å². The highest BCUT2D eigenvalue weighted by Crippen LogP contribution is 2.05. The van der Waals surface area contributed by atoms with Crippen molar-refractivity contribution in [3.63, 3.8) is 0 Å². The molecule has 0 aliphatic rings. The minimum Gasteiger partial charge on any atom is -0.476 e. The number of likely N-dealkylation sites (N-methyl/N-ethyl adjacent to an activating group) is 1. The SMILES string of the molecule is CN(C)CCOc1cc(=O)n2ccccc2n1. The van der Waals surface area contributed by atoms with Crippen molar-refractivity contribution in [3.8, 4) is 5.88 Å². The predicted molar refractivity (Wildman–Crippen MR) is 65.5 cm³/mol. The summed E-state index contributed by atoms with van der Waals surface area (Å²) in [5.74, 6) is 0.378. The molecule has 2 aromatic heterocycles. The maximum absolute atomic E-state index is 11.7. The van der Waals surface area contributed by atoms with Gasteiger partial charge in [-0.15, -0.1) is 0 Å². The second-order valence-corrected chi connectivity index (χ2v) is 4.01. The van der Waals surface area contributed by atoms with Crippen LogP contribution < -0.4 is 10.3 Å². The molecule has 5 heteroatoms. The first-order valence-corrected chi connectivity index (χ1v) is 5.43. The molecule has 0 radical (unpaired) electrons. The van der Waals surface area contributed by atoms with Crippen molar-refractivity contribution < 1.29 is 4.74 Å². The highest BCUT2D eigenvalue weighted by Gasteiger charge is 2.02. The molecule has 5 nitrogen and oxygen atoms in total. The van der Waals surface area contributed by atoms with Crippen LogP contribution in [0.4, 0.5) is 0 Å². The van der Waals surface area contributed by atoms with Gasteiger partial charge in [0.25, 0.3) is 5.56 Å². The third kappa shape index (κ3) is 2.82. The lowest BCUT2D eigenvalue weighted by Gasteiger charge is -2.10. The number of pyridine rings is 1. The molecule has 2 aromatic rings. The van der Waals surface area contributed by atoms with Gasteiger partial charge in [0.05, 0.1) is 6.07 Å². The number of ether oxygens (including phenoxy) is 1. The maximum Gasteiger partial charge on any atom is 0.261 e. The molecule has 0 aliphatic carbocycles. The fraction of sp³-hybridized carbons (Fsp3) is 0.333. The Morgan fingerprint density at radius 2 is 2.24 bits per heavy atom. The van der Waals surface area contributed by atoms with Gasteiger partial charge in [-0.1, -0.05) is 6.07 Å². The molecule has 2 rings (SSSR count). The monoisotopic (exact) mass is 233 g/mol. The van der Waals surface area contributed by atoms with Crippen LogP contribution in [0.25, 0.3) is 5.65 Å². The minimum atomic E-state index is -0.129. The van der Waals surface area contributed by atoms with Crippen LogP contribution in [-0.4, -0.2) is 41.5 Å². The molecule has 0 aliphatic heterocycles. The summed E-state index contributed by atoms with van der Waals surface area (Å²) in [6.45, 7) is 1.30. The van der Waals surface area contributed by atoms with Crippen LogP contribution in [0.2, 0.25) is 0 Å². The average Bonchev–Trinajstić information content (AvgIpc) is 2.28. The number of hydrogen-bond donors (Lipinski definition) is 0. The van der Waals surface area contributed by atoms with Crippen molar-refractivity contribution in [1.29, 1.82) is 0 Å². The molecular formula is C12H15N3O2. The van der Waals surface area contributed by atoms with Crippen molar-refractivity contribution in [2.24, 2.45) is 0 Å². The van der Waals surface area contributed by atoms with Gasteiger partial charge in [0.2, 0.25) is 5.88 Å². The fourth-order valence-electron chi connectivity index (χ4n) is 1.44. The van der Waals surface area contributed by atoms with Crippen LogP contribution in [0.1, 0.15) is 0 Å². The average molecular weight is 233 g/mol. The standard InChI is InChI=1S/C12H15N3O2/c1-14(2)7-8-17-11-9-12(16)15-6-4-3-5-10(15)13-11/h3-6,9H,7-8H2,1-2H3. The molecule has 0 N–H and O–H groups in total. The van der Waals surface area contributed by atoms with E-state index in [2.05, 4.69) is 4.98 Å². The third-order valence-corrected chi connectivity index (χ3v) is 2.34. The normalized spacial score (nSPS) is 11.0. The summed E-state index contributed by atoms with van der Waals surface area (Å²) in [4.78, 5) is 18.0. The van der Waals surface area contributed by atoms with Crippen LogP contribution in [0.3, 0.4) is 0 Å². The zero-order valence-corrected chi connectivity index (χ0v) is 9.96. The Balaban J connectivity index is 2.22. The Kier molecular flexibility index (Phi) is 3.39. The maximum atomic E-state index is 11.7. The fourth-order valence-corrected chi connectivity index (χ4v) is 1.44. The molecule has 0 unspecified atom stereocenters. The third-order valence-electron chi connectivity index (χ3n) is 2.34. The topological polar surface area (TPSA) is 46.8 Å². The van der Waals surface area contributed by atoms with Gasteiger partial charge < -0.3 is 9.64 Å². The number of rotatable bonds is 4. The summed E-state index contributed by atoms with van der Waals surface area (Å²) in [6.07, 6.45) is 1.69. The minimum absolute atomic E-state index is 0.129. The second kappa shape index (κ2) is 4.97. The molecule has 2 heterocycles. The zero-order valence-electron chi connectivity index (χ0n) is 9.96. The number of fused-ring (bicyclic) bond motifs is 1. The number of hydrogen-bond acceptors (Lipinski definition) is 4. The van der Waals surface area contributed by atoms with Gasteiger partial charge in [0.15, 0.2) is 0 Å². The Morgan fingerprint density at radius 1 is 1.41 bits per heavy atom. The molecule has 0 fully saturated rings. The van der Waals surface area contributed by atoms with Gasteiger partial charge in [-0.2, -0.15) is 4.98 Å². The summed E-state index contributed by atoms with van der Waals surface area (Å²) in [6, 6.07) is 6.82. The van der Waals surface area contributed by atoms with Crippen molar-refractivity contribution in [2.75, 3.05) is 27.2 Å². The van der Waals surface area contributed by atoms with Crippen LogP contribution in [-0.2, 0) is 0 Å². The summed E-state index contributed by atoms with van der Waals surface area (Å²) in [7, 11) is 3.93. The Hall–Kier alpha value is -1.88. The lowest BCUT2D eigenvalue weighted by Crippen LogP contribution is -2.21. The molecule has 17 heavy (non-hydrogen) atoms. The predicted octanol–water partition coefficient (Wildman–Crippen LogP) is 0.635. The van der Waals surface area contributed by atoms with E-state index in [-0.39, 0.29) is 5.56 Å². The molecule has 90 valence electrons. The Bertz CT molecular complexity index is 563. The van der Waals surface area contributed by atoms with Crippen molar-refractivity contribution in [1.82, 2.24) is 14.3 Å². The summed E-state index contributed by atoms with van der Waals surface area (Å²) >= 11 is 0. The van der Waals surface area contributed by atoms with Crippen molar-refractivity contribution >= 4 is 5.65 Å². The lowest BCUT2D eigenvalue weighted by atomic mass is 10.4. The zero-order chi connectivity index (χ0) is 12.3. The molecule has 0 saturated carbocycles. The Morgan fingerprint density at radius 3 is 3.00 bits per heavy atom. The molecule has 0 atom stereocenters. The summed E-state index contributed by atoms with van der Waals surface area (Å²) in [5.41, 5.74) is 0.468. The van der Waals surface area contributed by atoms with Gasteiger partial charge in [-0.25, -0.2) is 0 Å². The van der Waals surface area contributed by atoms with Crippen molar-refractivity contribution in [2.45, 2.75) is 0 Å².